The van der Waals surface area contributed by atoms with E-state index in [9.17, 15) is 26.7 Å². The fraction of sp³-hybridized carbons (Fsp3) is 0.720. The van der Waals surface area contributed by atoms with Crippen LogP contribution in [0.4, 0.5) is 32.4 Å². The molecule has 0 fully saturated rings. The van der Waals surface area contributed by atoms with Crippen molar-refractivity contribution in [1.82, 2.24) is 5.32 Å². The number of halogens is 5. The van der Waals surface area contributed by atoms with Gasteiger partial charge in [-0.2, -0.15) is 0 Å². The number of hydrogen-bond donors (Lipinski definition) is 2. The van der Waals surface area contributed by atoms with Gasteiger partial charge in [0.25, 0.3) is 0 Å². The van der Waals surface area contributed by atoms with Crippen LogP contribution in [0.5, 0.6) is 0 Å². The van der Waals surface area contributed by atoms with Gasteiger partial charge in [-0.15, -0.1) is 0 Å². The first-order chi connectivity index (χ1) is 16.7. The first kappa shape index (κ1) is 31.1. The number of unbranched alkanes of at least 4 members (excludes halogenated alkanes) is 6. The molecule has 0 spiro atoms. The Morgan fingerprint density at radius 1 is 0.771 bits per heavy atom. The molecule has 0 aliphatic carbocycles. The number of nitrogens with one attached hydrogen (secondary N) is 2. The summed E-state index contributed by atoms with van der Waals surface area (Å²) in [5.74, 6) is -11.3. The number of ether oxygens (including phenoxy) is 2. The van der Waals surface area contributed by atoms with E-state index in [0.717, 1.165) is 32.1 Å². The van der Waals surface area contributed by atoms with Gasteiger partial charge in [-0.3, -0.25) is 0 Å². The van der Waals surface area contributed by atoms with Gasteiger partial charge in [0.1, 0.15) is 5.69 Å². The molecule has 1 aromatic carbocycles. The summed E-state index contributed by atoms with van der Waals surface area (Å²) >= 11 is 0. The molecule has 2 amide bonds. The van der Waals surface area contributed by atoms with E-state index in [1.165, 1.54) is 25.7 Å². The Kier molecular flexibility index (Phi) is 14.2. The van der Waals surface area contributed by atoms with Crippen molar-refractivity contribution in [3.63, 3.8) is 0 Å². The van der Waals surface area contributed by atoms with Gasteiger partial charge in [-0.1, -0.05) is 58.8 Å². The molecule has 0 saturated heterocycles. The van der Waals surface area contributed by atoms with Gasteiger partial charge < -0.3 is 20.1 Å². The van der Waals surface area contributed by atoms with Crippen LogP contribution >= 0.6 is 0 Å². The van der Waals surface area contributed by atoms with Crippen LogP contribution in [0, 0.1) is 35.0 Å². The maximum Gasteiger partial charge on any atom is 0.319 e. The van der Waals surface area contributed by atoms with Gasteiger partial charge in [0.15, 0.2) is 29.1 Å². The summed E-state index contributed by atoms with van der Waals surface area (Å²) in [4.78, 5) is 11.9. The Morgan fingerprint density at radius 3 is 1.77 bits per heavy atom. The van der Waals surface area contributed by atoms with Crippen LogP contribution in [0.3, 0.4) is 0 Å². The summed E-state index contributed by atoms with van der Waals surface area (Å²) in [7, 11) is 3.26. The molecule has 0 radical (unpaired) electrons. The maximum absolute atomic E-state index is 13.7. The highest BCUT2D eigenvalue weighted by Gasteiger charge is 2.36. The topological polar surface area (TPSA) is 59.6 Å². The first-order valence-corrected chi connectivity index (χ1v) is 12.4. The number of hydrogen-bond acceptors (Lipinski definition) is 3. The lowest BCUT2D eigenvalue weighted by Crippen LogP contribution is -2.41. The van der Waals surface area contributed by atoms with E-state index in [1.54, 1.807) is 19.5 Å². The van der Waals surface area contributed by atoms with Crippen LogP contribution in [0.2, 0.25) is 0 Å². The maximum atomic E-state index is 13.7. The zero-order chi connectivity index (χ0) is 26.4. The Hall–Kier alpha value is -1.94. The normalized spacial score (nSPS) is 12.6. The number of carbonyl (C=O) groups is 1. The zero-order valence-electron chi connectivity index (χ0n) is 21.2. The van der Waals surface area contributed by atoms with E-state index in [-0.39, 0.29) is 12.5 Å². The predicted octanol–water partition coefficient (Wildman–Crippen LogP) is 7.44. The van der Waals surface area contributed by atoms with Crippen LogP contribution in [-0.4, -0.2) is 32.6 Å². The second-order valence-electron chi connectivity index (χ2n) is 8.65. The van der Waals surface area contributed by atoms with Crippen LogP contribution in [0.25, 0.3) is 0 Å². The third-order valence-corrected chi connectivity index (χ3v) is 6.43. The second-order valence-corrected chi connectivity index (χ2v) is 8.65. The Balaban J connectivity index is 2.57. The number of benzene rings is 1. The third kappa shape index (κ3) is 8.90. The van der Waals surface area contributed by atoms with Crippen molar-refractivity contribution in [1.29, 1.82) is 0 Å². The monoisotopic (exact) mass is 510 g/mol. The van der Waals surface area contributed by atoms with Crippen LogP contribution < -0.4 is 10.6 Å². The number of methoxy groups -OCH3 is 2. The molecule has 35 heavy (non-hydrogen) atoms. The summed E-state index contributed by atoms with van der Waals surface area (Å²) < 4.78 is 78.6. The predicted molar refractivity (Wildman–Crippen MR) is 126 cm³/mol. The fourth-order valence-electron chi connectivity index (χ4n) is 4.34. The molecule has 2 N–H and O–H groups in total. The molecule has 1 atom stereocenters. The summed E-state index contributed by atoms with van der Waals surface area (Å²) in [6.45, 7) is 4.34. The lowest BCUT2D eigenvalue weighted by atomic mass is 9.85. The lowest BCUT2D eigenvalue weighted by Gasteiger charge is -2.38. The molecular formula is C25H39F5N2O3. The molecule has 5 nitrogen and oxygen atoms in total. The molecule has 0 saturated carbocycles. The van der Waals surface area contributed by atoms with Crippen molar-refractivity contribution < 1.29 is 36.2 Å². The highest BCUT2D eigenvalue weighted by atomic mass is 19.2. The SMILES string of the molecule is CCCCCCCCC(CCCCNC(=O)Nc1c(F)c(F)c(F)c(F)c1F)C(CC)(OC)OC. The van der Waals surface area contributed by atoms with Gasteiger partial charge in [-0.05, 0) is 25.7 Å². The molecule has 1 unspecified atom stereocenters. The molecule has 0 heterocycles. The van der Waals surface area contributed by atoms with Crippen molar-refractivity contribution in [3.8, 4) is 0 Å². The lowest BCUT2D eigenvalue weighted by molar-refractivity contribution is -0.244. The van der Waals surface area contributed by atoms with Gasteiger partial charge in [0.2, 0.25) is 5.82 Å². The molecule has 10 heteroatoms. The summed E-state index contributed by atoms with van der Waals surface area (Å²) in [6, 6.07) is -1.06. The highest BCUT2D eigenvalue weighted by Crippen LogP contribution is 2.34. The fourth-order valence-corrected chi connectivity index (χ4v) is 4.34. The molecule has 202 valence electrons. The molecule has 1 rings (SSSR count). The van der Waals surface area contributed by atoms with Crippen molar-refractivity contribution in [2.45, 2.75) is 90.3 Å². The largest absolute Gasteiger partial charge is 0.353 e. The van der Waals surface area contributed by atoms with Gasteiger partial charge in [0.05, 0.1) is 0 Å². The van der Waals surface area contributed by atoms with E-state index < -0.39 is 46.6 Å². The smallest absolute Gasteiger partial charge is 0.319 e. The van der Waals surface area contributed by atoms with E-state index in [1.807, 2.05) is 6.92 Å². The number of anilines is 1. The third-order valence-electron chi connectivity index (χ3n) is 6.43. The van der Waals surface area contributed by atoms with Gasteiger partial charge in [-0.25, -0.2) is 26.7 Å². The van der Waals surface area contributed by atoms with Crippen molar-refractivity contribution >= 4 is 11.7 Å². The van der Waals surface area contributed by atoms with E-state index in [2.05, 4.69) is 12.2 Å². The first-order valence-electron chi connectivity index (χ1n) is 12.4. The minimum atomic E-state index is -2.28. The van der Waals surface area contributed by atoms with Gasteiger partial charge in [0, 0.05) is 26.7 Å². The van der Waals surface area contributed by atoms with Crippen LogP contribution in [-0.2, 0) is 9.47 Å². The zero-order valence-corrected chi connectivity index (χ0v) is 21.2. The molecule has 0 aliphatic rings. The van der Waals surface area contributed by atoms with Crippen LogP contribution in [0.15, 0.2) is 0 Å². The number of carbonyl (C=O) groups excluding carboxylic acids is 1. The van der Waals surface area contributed by atoms with Crippen molar-refractivity contribution in [2.75, 3.05) is 26.1 Å². The van der Waals surface area contributed by atoms with Crippen LogP contribution in [0.1, 0.15) is 84.5 Å². The van der Waals surface area contributed by atoms with Crippen molar-refractivity contribution in [2.24, 2.45) is 5.92 Å². The molecule has 1 aromatic rings. The van der Waals surface area contributed by atoms with E-state index >= 15 is 0 Å². The van der Waals surface area contributed by atoms with Gasteiger partial charge >= 0.3 is 6.03 Å². The standard InChI is InChI=1S/C25H39F5N2O3/c1-5-7-8-9-10-11-14-17(25(6-2,34-3)35-4)15-12-13-16-31-24(33)32-23-21(29)19(27)18(26)20(28)22(23)30/h17H,5-16H2,1-4H3,(H2,31,32,33). The summed E-state index contributed by atoms with van der Waals surface area (Å²) in [5, 5.41) is 4.08. The summed E-state index contributed by atoms with van der Waals surface area (Å²) in [6.07, 6.45) is 10.7. The highest BCUT2D eigenvalue weighted by molar-refractivity contribution is 5.89. The Morgan fingerprint density at radius 2 is 1.26 bits per heavy atom. The Bertz CT molecular complexity index is 754. The second kappa shape index (κ2) is 15.9. The van der Waals surface area contributed by atoms with Crippen molar-refractivity contribution in [3.05, 3.63) is 29.1 Å². The average Bonchev–Trinajstić information content (AvgIpc) is 2.86. The van der Waals surface area contributed by atoms with E-state index in [4.69, 9.17) is 9.47 Å². The Labute approximate surface area is 205 Å². The molecule has 0 aromatic heterocycles. The number of urea groups is 1. The minimum absolute atomic E-state index is 0.149. The average molecular weight is 511 g/mol. The molecule has 0 bridgehead atoms. The number of rotatable bonds is 17. The molecular weight excluding hydrogens is 471 g/mol. The summed E-state index contributed by atoms with van der Waals surface area (Å²) in [5.41, 5.74) is -1.38. The quantitative estimate of drug-likeness (QED) is 0.0753. The molecule has 0 aliphatic heterocycles. The number of amides is 2. The van der Waals surface area contributed by atoms with E-state index in [0.29, 0.717) is 12.8 Å². The minimum Gasteiger partial charge on any atom is -0.353 e.